The summed E-state index contributed by atoms with van der Waals surface area (Å²) in [4.78, 5) is 0.211. The summed E-state index contributed by atoms with van der Waals surface area (Å²) < 4.78 is 33.1. The van der Waals surface area contributed by atoms with E-state index in [9.17, 15) is 8.42 Å². The molecule has 0 atom stereocenters. The fourth-order valence-corrected chi connectivity index (χ4v) is 2.96. The van der Waals surface area contributed by atoms with Gasteiger partial charge in [-0.05, 0) is 43.3 Å². The van der Waals surface area contributed by atoms with Gasteiger partial charge in [-0.1, -0.05) is 22.0 Å². The van der Waals surface area contributed by atoms with Crippen molar-refractivity contribution >= 4 is 31.6 Å². The van der Waals surface area contributed by atoms with Gasteiger partial charge in [-0.15, -0.1) is 0 Å². The summed E-state index contributed by atoms with van der Waals surface area (Å²) in [5, 5.41) is 0. The normalized spacial score (nSPS) is 11.1. The van der Waals surface area contributed by atoms with Crippen LogP contribution in [0, 0.1) is 0 Å². The molecule has 2 aromatic carbocycles. The van der Waals surface area contributed by atoms with Crippen molar-refractivity contribution in [2.24, 2.45) is 0 Å². The van der Waals surface area contributed by atoms with Crippen LogP contribution in [-0.4, -0.2) is 15.0 Å². The molecule has 4 nitrogen and oxygen atoms in total. The Morgan fingerprint density at radius 3 is 2.50 bits per heavy atom. The number of hydrogen-bond donors (Lipinski definition) is 1. The molecule has 0 bridgehead atoms. The average Bonchev–Trinajstić information content (AvgIpc) is 2.39. The maximum Gasteiger partial charge on any atom is 0.261 e. The third-order valence-electron chi connectivity index (χ3n) is 2.52. The molecule has 2 rings (SSSR count). The fraction of sp³-hybridized carbons (Fsp3) is 0.143. The topological polar surface area (TPSA) is 55.4 Å². The minimum absolute atomic E-state index is 0.211. The van der Waals surface area contributed by atoms with Gasteiger partial charge >= 0.3 is 0 Å². The number of rotatable bonds is 5. The molecule has 0 aliphatic carbocycles. The zero-order chi connectivity index (χ0) is 14.6. The Bertz CT molecular complexity index is 684. The van der Waals surface area contributed by atoms with Crippen molar-refractivity contribution < 1.29 is 13.2 Å². The van der Waals surface area contributed by atoms with Crippen LogP contribution in [-0.2, 0) is 10.0 Å². The molecule has 6 heteroatoms. The number of nitrogens with one attached hydrogen (secondary N) is 1. The van der Waals surface area contributed by atoms with Gasteiger partial charge in [0.25, 0.3) is 10.0 Å². The summed E-state index contributed by atoms with van der Waals surface area (Å²) in [7, 11) is -3.59. The van der Waals surface area contributed by atoms with Crippen molar-refractivity contribution in [2.75, 3.05) is 11.3 Å². The molecule has 0 radical (unpaired) electrons. The van der Waals surface area contributed by atoms with E-state index >= 15 is 0 Å². The van der Waals surface area contributed by atoms with Gasteiger partial charge in [0.15, 0.2) is 0 Å². The second kappa shape index (κ2) is 6.28. The predicted octanol–water partition coefficient (Wildman–Crippen LogP) is 3.65. The summed E-state index contributed by atoms with van der Waals surface area (Å²) in [6.07, 6.45) is 0. The Labute approximate surface area is 127 Å². The molecule has 0 amide bonds. The number of hydrogen-bond acceptors (Lipinski definition) is 3. The molecule has 0 aliphatic heterocycles. The highest BCUT2D eigenvalue weighted by molar-refractivity contribution is 9.10. The second-order valence-corrected chi connectivity index (χ2v) is 6.62. The lowest BCUT2D eigenvalue weighted by Crippen LogP contribution is -2.12. The molecular formula is C14H14BrNO3S. The van der Waals surface area contributed by atoms with E-state index in [1.165, 1.54) is 0 Å². The summed E-state index contributed by atoms with van der Waals surface area (Å²) in [6.45, 7) is 2.40. The second-order valence-electron chi connectivity index (χ2n) is 4.02. The predicted molar refractivity (Wildman–Crippen MR) is 82.6 cm³/mol. The Morgan fingerprint density at radius 1 is 1.15 bits per heavy atom. The first kappa shape index (κ1) is 14.9. The van der Waals surface area contributed by atoms with Gasteiger partial charge in [0.05, 0.1) is 17.2 Å². The molecule has 20 heavy (non-hydrogen) atoms. The zero-order valence-electron chi connectivity index (χ0n) is 10.8. The largest absolute Gasteiger partial charge is 0.494 e. The highest BCUT2D eigenvalue weighted by Gasteiger charge is 2.14. The highest BCUT2D eigenvalue weighted by atomic mass is 79.9. The van der Waals surface area contributed by atoms with Gasteiger partial charge in [0.2, 0.25) is 0 Å². The first-order valence-corrected chi connectivity index (χ1v) is 8.30. The van der Waals surface area contributed by atoms with Gasteiger partial charge in [0, 0.05) is 10.5 Å². The number of ether oxygens (including phenoxy) is 1. The fourth-order valence-electron chi connectivity index (χ4n) is 1.64. The van der Waals surface area contributed by atoms with E-state index in [1.807, 2.05) is 6.92 Å². The standard InChI is InChI=1S/C14H14BrNO3S/c1-2-19-13-5-3-4-12(10-13)16-20(17,18)14-8-6-11(15)7-9-14/h3-10,16H,2H2,1H3. The van der Waals surface area contributed by atoms with Crippen LogP contribution in [0.15, 0.2) is 57.9 Å². The first-order valence-electron chi connectivity index (χ1n) is 6.02. The van der Waals surface area contributed by atoms with Crippen molar-refractivity contribution in [1.82, 2.24) is 0 Å². The molecule has 0 unspecified atom stereocenters. The average molecular weight is 356 g/mol. The number of anilines is 1. The Morgan fingerprint density at radius 2 is 1.85 bits per heavy atom. The molecule has 0 saturated heterocycles. The maximum absolute atomic E-state index is 12.2. The Balaban J connectivity index is 2.24. The number of benzene rings is 2. The first-order chi connectivity index (χ1) is 9.51. The highest BCUT2D eigenvalue weighted by Crippen LogP contribution is 2.21. The van der Waals surface area contributed by atoms with E-state index in [1.54, 1.807) is 48.5 Å². The van der Waals surface area contributed by atoms with E-state index in [-0.39, 0.29) is 4.90 Å². The smallest absolute Gasteiger partial charge is 0.261 e. The van der Waals surface area contributed by atoms with Gasteiger partial charge in [-0.2, -0.15) is 0 Å². The van der Waals surface area contributed by atoms with Crippen LogP contribution in [0.5, 0.6) is 5.75 Å². The van der Waals surface area contributed by atoms with E-state index in [0.29, 0.717) is 18.0 Å². The summed E-state index contributed by atoms with van der Waals surface area (Å²) in [6, 6.07) is 13.3. The van der Waals surface area contributed by atoms with Crippen LogP contribution < -0.4 is 9.46 Å². The lowest BCUT2D eigenvalue weighted by molar-refractivity contribution is 0.340. The van der Waals surface area contributed by atoms with Crippen LogP contribution in [0.1, 0.15) is 6.92 Å². The SMILES string of the molecule is CCOc1cccc(NS(=O)(=O)c2ccc(Br)cc2)c1. The number of sulfonamides is 1. The molecule has 0 fully saturated rings. The molecule has 106 valence electrons. The van der Waals surface area contributed by atoms with Crippen molar-refractivity contribution in [3.63, 3.8) is 0 Å². The summed E-state index contributed by atoms with van der Waals surface area (Å²) in [5.74, 6) is 0.628. The maximum atomic E-state index is 12.2. The van der Waals surface area contributed by atoms with Crippen LogP contribution in [0.3, 0.4) is 0 Å². The van der Waals surface area contributed by atoms with Crippen molar-refractivity contribution in [2.45, 2.75) is 11.8 Å². The van der Waals surface area contributed by atoms with Gasteiger partial charge in [0.1, 0.15) is 5.75 Å². The third-order valence-corrected chi connectivity index (χ3v) is 4.45. The summed E-state index contributed by atoms with van der Waals surface area (Å²) in [5.41, 5.74) is 0.471. The summed E-state index contributed by atoms with van der Waals surface area (Å²) >= 11 is 3.27. The third kappa shape index (κ3) is 3.74. The van der Waals surface area contributed by atoms with Crippen LogP contribution in [0.25, 0.3) is 0 Å². The van der Waals surface area contributed by atoms with Gasteiger partial charge in [-0.25, -0.2) is 8.42 Å². The Kier molecular flexibility index (Phi) is 4.67. The molecule has 2 aromatic rings. The molecule has 0 spiro atoms. The lowest BCUT2D eigenvalue weighted by Gasteiger charge is -2.10. The minimum Gasteiger partial charge on any atom is -0.494 e. The monoisotopic (exact) mass is 355 g/mol. The molecule has 0 saturated carbocycles. The number of halogens is 1. The van der Waals surface area contributed by atoms with Crippen molar-refractivity contribution in [3.05, 3.63) is 53.0 Å². The van der Waals surface area contributed by atoms with Crippen LogP contribution in [0.4, 0.5) is 5.69 Å². The minimum atomic E-state index is -3.59. The quantitative estimate of drug-likeness (QED) is 0.890. The van der Waals surface area contributed by atoms with E-state index in [2.05, 4.69) is 20.7 Å². The van der Waals surface area contributed by atoms with Crippen LogP contribution >= 0.6 is 15.9 Å². The van der Waals surface area contributed by atoms with Crippen molar-refractivity contribution in [1.29, 1.82) is 0 Å². The molecular weight excluding hydrogens is 342 g/mol. The molecule has 0 heterocycles. The lowest BCUT2D eigenvalue weighted by atomic mass is 10.3. The van der Waals surface area contributed by atoms with E-state index < -0.39 is 10.0 Å². The zero-order valence-corrected chi connectivity index (χ0v) is 13.2. The Hall–Kier alpha value is -1.53. The molecule has 0 aromatic heterocycles. The molecule has 0 aliphatic rings. The van der Waals surface area contributed by atoms with E-state index in [0.717, 1.165) is 4.47 Å². The molecule has 1 N–H and O–H groups in total. The van der Waals surface area contributed by atoms with Gasteiger partial charge < -0.3 is 4.74 Å². The van der Waals surface area contributed by atoms with E-state index in [4.69, 9.17) is 4.74 Å². The van der Waals surface area contributed by atoms with Crippen molar-refractivity contribution in [3.8, 4) is 5.75 Å². The van der Waals surface area contributed by atoms with Gasteiger partial charge in [-0.3, -0.25) is 4.72 Å². The van der Waals surface area contributed by atoms with Crippen LogP contribution in [0.2, 0.25) is 0 Å².